The Morgan fingerprint density at radius 2 is 1.73 bits per heavy atom. The number of nitro benzene ring substituents is 2. The first kappa shape index (κ1) is 12.8. The lowest BCUT2D eigenvalue weighted by Gasteiger charge is -1.99. The summed E-state index contributed by atoms with van der Waals surface area (Å²) >= 11 is 0. The van der Waals surface area contributed by atoms with Gasteiger partial charge in [-0.05, 0) is 6.92 Å². The van der Waals surface area contributed by atoms with E-state index in [2.05, 4.69) is 0 Å². The van der Waals surface area contributed by atoms with Crippen molar-refractivity contribution in [1.82, 2.24) is 6.15 Å². The number of hydrogen-bond donors (Lipinski definition) is 2. The van der Waals surface area contributed by atoms with Crippen molar-refractivity contribution >= 4 is 11.4 Å². The molecule has 0 saturated carbocycles. The molecule has 15 heavy (non-hydrogen) atoms. The van der Waals surface area contributed by atoms with Crippen molar-refractivity contribution in [2.45, 2.75) is 6.92 Å². The zero-order valence-corrected chi connectivity index (χ0v) is 8.13. The molecular formula is C7H10N3O5+. The van der Waals surface area contributed by atoms with Gasteiger partial charge in [0.2, 0.25) is 0 Å². The van der Waals surface area contributed by atoms with Gasteiger partial charge < -0.3 is 11.3 Å². The van der Waals surface area contributed by atoms with Crippen molar-refractivity contribution in [3.63, 3.8) is 0 Å². The van der Waals surface area contributed by atoms with Gasteiger partial charge in [-0.15, -0.1) is 0 Å². The minimum atomic E-state index is -0.799. The molecule has 0 aliphatic heterocycles. The Balaban J connectivity index is 0.00000196. The highest BCUT2D eigenvalue weighted by atomic mass is 16.6. The van der Waals surface area contributed by atoms with Crippen LogP contribution < -0.4 is 6.15 Å². The summed E-state index contributed by atoms with van der Waals surface area (Å²) in [7, 11) is 0. The smallest absolute Gasteiger partial charge is 0.282 e. The Kier molecular flexibility index (Phi) is 3.69. The maximum atomic E-state index is 10.4. The van der Waals surface area contributed by atoms with Crippen LogP contribution in [0.2, 0.25) is 0 Å². The van der Waals surface area contributed by atoms with Gasteiger partial charge in [-0.1, -0.05) is 0 Å². The molecule has 8 heteroatoms. The lowest BCUT2D eigenvalue weighted by molar-refractivity contribution is -0.394. The average molecular weight is 216 g/mol. The van der Waals surface area contributed by atoms with Gasteiger partial charge in [0.15, 0.2) is 0 Å². The molecular weight excluding hydrogens is 206 g/mol. The van der Waals surface area contributed by atoms with Crippen LogP contribution >= 0.6 is 0 Å². The Bertz CT molecular complexity index is 417. The van der Waals surface area contributed by atoms with Crippen molar-refractivity contribution in [2.24, 2.45) is 0 Å². The molecule has 0 fully saturated rings. The van der Waals surface area contributed by atoms with E-state index in [1.165, 1.54) is 6.92 Å². The van der Waals surface area contributed by atoms with Crippen LogP contribution in [0.15, 0.2) is 12.1 Å². The lowest BCUT2D eigenvalue weighted by Crippen LogP contribution is -1.95. The number of nitrogens with zero attached hydrogens (tertiary/aromatic N) is 2. The van der Waals surface area contributed by atoms with E-state index in [9.17, 15) is 20.2 Å². The van der Waals surface area contributed by atoms with Gasteiger partial charge in [-0.3, -0.25) is 20.2 Å². The topological polar surface area (TPSA) is 143 Å². The van der Waals surface area contributed by atoms with Crippen molar-refractivity contribution in [3.05, 3.63) is 37.9 Å². The number of hydrogen-bond acceptors (Lipinski definition) is 5. The lowest BCUT2D eigenvalue weighted by atomic mass is 10.1. The van der Waals surface area contributed by atoms with E-state index in [1.54, 1.807) is 0 Å². The summed E-state index contributed by atoms with van der Waals surface area (Å²) in [4.78, 5) is 19.2. The van der Waals surface area contributed by atoms with Gasteiger partial charge >= 0.3 is 0 Å². The van der Waals surface area contributed by atoms with Crippen LogP contribution in [0, 0.1) is 27.2 Å². The van der Waals surface area contributed by atoms with E-state index in [0.29, 0.717) is 0 Å². The fourth-order valence-electron chi connectivity index (χ4n) is 0.965. The Labute approximate surface area is 84.0 Å². The summed E-state index contributed by atoms with van der Waals surface area (Å²) in [5.41, 5.74) is -0.947. The highest BCUT2D eigenvalue weighted by Crippen LogP contribution is 2.31. The Hall–Kier alpha value is -2.22. The van der Waals surface area contributed by atoms with Gasteiger partial charge in [0.05, 0.1) is 27.5 Å². The largest absolute Gasteiger partial charge is 0.507 e. The number of rotatable bonds is 2. The number of phenolic OH excluding ortho intramolecular Hbond substituents is 1. The van der Waals surface area contributed by atoms with E-state index < -0.39 is 27.0 Å². The molecule has 0 atom stereocenters. The molecule has 0 radical (unpaired) electrons. The molecule has 5 N–H and O–H groups in total. The molecule has 1 aromatic rings. The van der Waals surface area contributed by atoms with Crippen LogP contribution in [0.1, 0.15) is 5.56 Å². The van der Waals surface area contributed by atoms with Gasteiger partial charge in [0.25, 0.3) is 11.4 Å². The van der Waals surface area contributed by atoms with Crippen molar-refractivity contribution in [1.29, 1.82) is 0 Å². The summed E-state index contributed by atoms with van der Waals surface area (Å²) < 4.78 is 0. The summed E-state index contributed by atoms with van der Waals surface area (Å²) in [6, 6.07) is 1.69. The first-order chi connectivity index (χ1) is 6.43. The SMILES string of the molecule is Cc1c(O)cc([N+](=O)[O-])cc1[N+](=O)[O-].[NH4+]. The van der Waals surface area contributed by atoms with E-state index in [4.69, 9.17) is 5.11 Å². The molecule has 0 amide bonds. The van der Waals surface area contributed by atoms with Crippen molar-refractivity contribution < 1.29 is 15.0 Å². The quantitative estimate of drug-likeness (QED) is 0.572. The first-order valence-electron chi connectivity index (χ1n) is 3.56. The standard InChI is InChI=1S/C7H6N2O5.H3N/c1-4-6(9(13)14)2-5(8(11)12)3-7(4)10;/h2-3,10H,1H3;1H3/p+1. The normalized spacial score (nSPS) is 9.13. The van der Waals surface area contributed by atoms with Gasteiger partial charge in [-0.2, -0.15) is 0 Å². The molecule has 0 bridgehead atoms. The number of non-ortho nitro benzene ring substituents is 1. The van der Waals surface area contributed by atoms with Gasteiger partial charge in [0.1, 0.15) is 5.75 Å². The third-order valence-corrected chi connectivity index (χ3v) is 1.75. The minimum Gasteiger partial charge on any atom is -0.507 e. The molecule has 0 unspecified atom stereocenters. The number of benzene rings is 1. The fraction of sp³-hybridized carbons (Fsp3) is 0.143. The second kappa shape index (κ2) is 4.33. The molecule has 0 aliphatic carbocycles. The summed E-state index contributed by atoms with van der Waals surface area (Å²) in [5, 5.41) is 29.9. The van der Waals surface area contributed by atoms with Crippen LogP contribution in [0.25, 0.3) is 0 Å². The minimum absolute atomic E-state index is 0. The average Bonchev–Trinajstić information content (AvgIpc) is 2.08. The van der Waals surface area contributed by atoms with Crippen molar-refractivity contribution in [3.8, 4) is 5.75 Å². The van der Waals surface area contributed by atoms with Crippen LogP contribution in [-0.2, 0) is 0 Å². The number of aromatic hydroxyl groups is 1. The molecule has 8 nitrogen and oxygen atoms in total. The Morgan fingerprint density at radius 1 is 1.20 bits per heavy atom. The number of quaternary nitrogens is 1. The van der Waals surface area contributed by atoms with E-state index in [1.807, 2.05) is 0 Å². The molecule has 0 heterocycles. The second-order valence-electron chi connectivity index (χ2n) is 2.62. The first-order valence-corrected chi connectivity index (χ1v) is 3.56. The monoisotopic (exact) mass is 216 g/mol. The third kappa shape index (κ3) is 2.38. The summed E-state index contributed by atoms with van der Waals surface area (Å²) in [6.45, 7) is 1.32. The zero-order chi connectivity index (χ0) is 10.9. The number of phenols is 1. The molecule has 1 aromatic carbocycles. The molecule has 0 aliphatic rings. The summed E-state index contributed by atoms with van der Waals surface area (Å²) in [5.74, 6) is -0.453. The zero-order valence-electron chi connectivity index (χ0n) is 8.13. The summed E-state index contributed by atoms with van der Waals surface area (Å²) in [6.07, 6.45) is 0. The molecule has 0 saturated heterocycles. The van der Waals surface area contributed by atoms with Crippen LogP contribution in [0.5, 0.6) is 5.75 Å². The molecule has 1 rings (SSSR count). The third-order valence-electron chi connectivity index (χ3n) is 1.75. The van der Waals surface area contributed by atoms with Gasteiger partial charge in [-0.25, -0.2) is 0 Å². The van der Waals surface area contributed by atoms with E-state index in [-0.39, 0.29) is 11.7 Å². The van der Waals surface area contributed by atoms with E-state index >= 15 is 0 Å². The highest BCUT2D eigenvalue weighted by molar-refractivity contribution is 5.55. The van der Waals surface area contributed by atoms with Gasteiger partial charge in [0, 0.05) is 0 Å². The maximum absolute atomic E-state index is 10.4. The van der Waals surface area contributed by atoms with Crippen LogP contribution in [-0.4, -0.2) is 15.0 Å². The van der Waals surface area contributed by atoms with Crippen LogP contribution in [0.4, 0.5) is 11.4 Å². The molecule has 82 valence electrons. The molecule has 0 aromatic heterocycles. The fourth-order valence-corrected chi connectivity index (χ4v) is 0.965. The van der Waals surface area contributed by atoms with Crippen LogP contribution in [0.3, 0.4) is 0 Å². The molecule has 0 spiro atoms. The Morgan fingerprint density at radius 3 is 2.13 bits per heavy atom. The van der Waals surface area contributed by atoms with E-state index in [0.717, 1.165) is 12.1 Å². The number of nitro groups is 2. The highest BCUT2D eigenvalue weighted by Gasteiger charge is 2.20. The second-order valence-corrected chi connectivity index (χ2v) is 2.62. The van der Waals surface area contributed by atoms with Crippen molar-refractivity contribution in [2.75, 3.05) is 0 Å². The predicted molar refractivity (Wildman–Crippen MR) is 52.1 cm³/mol. The predicted octanol–water partition coefficient (Wildman–Crippen LogP) is 1.89. The maximum Gasteiger partial charge on any atom is 0.282 e.